The lowest BCUT2D eigenvalue weighted by Gasteiger charge is -2.30. The summed E-state index contributed by atoms with van der Waals surface area (Å²) < 4.78 is 0. The van der Waals surface area contributed by atoms with Gasteiger partial charge in [0.25, 0.3) is 0 Å². The normalized spacial score (nSPS) is 11.7. The van der Waals surface area contributed by atoms with Gasteiger partial charge in [-0.2, -0.15) is 0 Å². The smallest absolute Gasteiger partial charge is 0.242 e. The maximum Gasteiger partial charge on any atom is 0.242 e. The summed E-state index contributed by atoms with van der Waals surface area (Å²) in [5.41, 5.74) is 2.07. The van der Waals surface area contributed by atoms with Crippen LogP contribution in [0.1, 0.15) is 44.2 Å². The van der Waals surface area contributed by atoms with E-state index in [0.717, 1.165) is 17.5 Å². The Morgan fingerprint density at radius 3 is 2.29 bits per heavy atom. The lowest BCUT2D eigenvalue weighted by atomic mass is 10.1. The average Bonchev–Trinajstić information content (AvgIpc) is 2.72. The Labute approximate surface area is 172 Å². The Morgan fingerprint density at radius 1 is 1.00 bits per heavy atom. The van der Waals surface area contributed by atoms with Crippen molar-refractivity contribution in [3.8, 4) is 0 Å². The molecule has 0 saturated carbocycles. The number of nitrogens with zero attached hydrogens (tertiary/aromatic N) is 1. The number of halogens is 1. The maximum atomic E-state index is 13.1. The first-order valence-corrected chi connectivity index (χ1v) is 10.3. The van der Waals surface area contributed by atoms with Crippen molar-refractivity contribution in [1.29, 1.82) is 0 Å². The van der Waals surface area contributed by atoms with Gasteiger partial charge in [0.2, 0.25) is 11.8 Å². The minimum atomic E-state index is -0.481. The molecule has 0 aliphatic heterocycles. The van der Waals surface area contributed by atoms with Gasteiger partial charge in [0, 0.05) is 24.5 Å². The third-order valence-corrected chi connectivity index (χ3v) is 4.92. The zero-order valence-electron chi connectivity index (χ0n) is 16.7. The number of aryl methyl sites for hydroxylation is 1. The second-order valence-electron chi connectivity index (χ2n) is 6.85. The van der Waals surface area contributed by atoms with Gasteiger partial charge in [-0.05, 0) is 42.5 Å². The Balaban J connectivity index is 2.16. The molecule has 4 nitrogen and oxygen atoms in total. The van der Waals surface area contributed by atoms with E-state index in [4.69, 9.17) is 11.6 Å². The lowest BCUT2D eigenvalue weighted by Crippen LogP contribution is -2.49. The van der Waals surface area contributed by atoms with Crippen molar-refractivity contribution in [2.24, 2.45) is 0 Å². The average molecular weight is 401 g/mol. The van der Waals surface area contributed by atoms with Crippen molar-refractivity contribution in [3.05, 3.63) is 70.7 Å². The van der Waals surface area contributed by atoms with Crippen molar-refractivity contribution in [1.82, 2.24) is 10.2 Å². The molecule has 2 rings (SSSR count). The summed E-state index contributed by atoms with van der Waals surface area (Å²) in [5, 5.41) is 3.58. The van der Waals surface area contributed by atoms with E-state index < -0.39 is 6.04 Å². The predicted octanol–water partition coefficient (Wildman–Crippen LogP) is 4.61. The van der Waals surface area contributed by atoms with Gasteiger partial charge >= 0.3 is 0 Å². The van der Waals surface area contributed by atoms with Crippen LogP contribution in [0.2, 0.25) is 5.02 Å². The second kappa shape index (κ2) is 11.5. The lowest BCUT2D eigenvalue weighted by molar-refractivity contribution is -0.141. The number of carbonyl (C=O) groups is 2. The van der Waals surface area contributed by atoms with Gasteiger partial charge in [0.1, 0.15) is 6.04 Å². The molecule has 2 amide bonds. The molecule has 0 bridgehead atoms. The molecule has 5 heteroatoms. The molecular formula is C23H29ClN2O2. The third kappa shape index (κ3) is 6.68. The molecule has 1 atom stereocenters. The summed E-state index contributed by atoms with van der Waals surface area (Å²) in [6.07, 6.45) is 2.46. The van der Waals surface area contributed by atoms with Crippen molar-refractivity contribution in [3.63, 3.8) is 0 Å². The molecule has 2 aromatic rings. The number of hydrogen-bond donors (Lipinski definition) is 1. The summed E-state index contributed by atoms with van der Waals surface area (Å²) in [4.78, 5) is 27.5. The Morgan fingerprint density at radius 2 is 1.68 bits per heavy atom. The Hall–Kier alpha value is -2.33. The van der Waals surface area contributed by atoms with Crippen LogP contribution in [0.15, 0.2) is 54.6 Å². The molecule has 0 spiro atoms. The van der Waals surface area contributed by atoms with E-state index in [-0.39, 0.29) is 11.8 Å². The largest absolute Gasteiger partial charge is 0.354 e. The number of benzene rings is 2. The Kier molecular flexibility index (Phi) is 9.02. The van der Waals surface area contributed by atoms with E-state index in [1.807, 2.05) is 68.4 Å². The molecular weight excluding hydrogens is 372 g/mol. The van der Waals surface area contributed by atoms with E-state index in [1.165, 1.54) is 0 Å². The topological polar surface area (TPSA) is 49.4 Å². The van der Waals surface area contributed by atoms with Gasteiger partial charge in [-0.15, -0.1) is 0 Å². The maximum absolute atomic E-state index is 13.1. The first-order chi connectivity index (χ1) is 13.5. The zero-order chi connectivity index (χ0) is 20.4. The summed E-state index contributed by atoms with van der Waals surface area (Å²) in [6, 6.07) is 16.9. The third-order valence-electron chi connectivity index (χ3n) is 4.67. The fourth-order valence-electron chi connectivity index (χ4n) is 3.11. The molecule has 0 aliphatic rings. The van der Waals surface area contributed by atoms with Crippen LogP contribution in [0, 0.1) is 0 Å². The highest BCUT2D eigenvalue weighted by molar-refractivity contribution is 6.30. The van der Waals surface area contributed by atoms with Crippen LogP contribution < -0.4 is 5.32 Å². The molecule has 1 unspecified atom stereocenters. The van der Waals surface area contributed by atoms with E-state index in [0.29, 0.717) is 37.4 Å². The highest BCUT2D eigenvalue weighted by Gasteiger charge is 2.28. The highest BCUT2D eigenvalue weighted by Crippen LogP contribution is 2.17. The minimum Gasteiger partial charge on any atom is -0.354 e. The van der Waals surface area contributed by atoms with Crippen molar-refractivity contribution < 1.29 is 9.59 Å². The number of hydrogen-bond acceptors (Lipinski definition) is 2. The van der Waals surface area contributed by atoms with Crippen LogP contribution in [-0.4, -0.2) is 29.3 Å². The van der Waals surface area contributed by atoms with Gasteiger partial charge in [-0.1, -0.05) is 67.9 Å². The van der Waals surface area contributed by atoms with Crippen molar-refractivity contribution >= 4 is 23.4 Å². The van der Waals surface area contributed by atoms with E-state index in [2.05, 4.69) is 5.32 Å². The molecule has 1 N–H and O–H groups in total. The summed E-state index contributed by atoms with van der Waals surface area (Å²) in [7, 11) is 0. The van der Waals surface area contributed by atoms with Gasteiger partial charge < -0.3 is 10.2 Å². The van der Waals surface area contributed by atoms with Crippen LogP contribution in [-0.2, 0) is 22.6 Å². The van der Waals surface area contributed by atoms with Crippen molar-refractivity contribution in [2.75, 3.05) is 6.54 Å². The van der Waals surface area contributed by atoms with Crippen LogP contribution >= 0.6 is 11.6 Å². The molecule has 28 heavy (non-hydrogen) atoms. The molecule has 0 aliphatic carbocycles. The van der Waals surface area contributed by atoms with Gasteiger partial charge in [0.15, 0.2) is 0 Å². The van der Waals surface area contributed by atoms with Crippen molar-refractivity contribution in [2.45, 2.75) is 52.1 Å². The van der Waals surface area contributed by atoms with Gasteiger partial charge in [-0.3, -0.25) is 9.59 Å². The Bertz CT molecular complexity index is 747. The van der Waals surface area contributed by atoms with Crippen LogP contribution in [0.3, 0.4) is 0 Å². The fourth-order valence-corrected chi connectivity index (χ4v) is 3.24. The fraction of sp³-hybridized carbons (Fsp3) is 0.391. The summed E-state index contributed by atoms with van der Waals surface area (Å²) in [5.74, 6) is -0.108. The first kappa shape index (κ1) is 22.0. The molecule has 0 saturated heterocycles. The van der Waals surface area contributed by atoms with E-state index in [9.17, 15) is 9.59 Å². The van der Waals surface area contributed by atoms with Gasteiger partial charge in [0.05, 0.1) is 0 Å². The number of rotatable bonds is 10. The van der Waals surface area contributed by atoms with Crippen LogP contribution in [0.5, 0.6) is 0 Å². The number of carbonyl (C=O) groups excluding carboxylic acids is 2. The van der Waals surface area contributed by atoms with Gasteiger partial charge in [-0.25, -0.2) is 0 Å². The van der Waals surface area contributed by atoms with E-state index >= 15 is 0 Å². The molecule has 0 radical (unpaired) electrons. The molecule has 150 valence electrons. The monoisotopic (exact) mass is 400 g/mol. The predicted molar refractivity (Wildman–Crippen MR) is 114 cm³/mol. The molecule has 0 aromatic heterocycles. The number of nitrogens with one attached hydrogen (secondary N) is 1. The SMILES string of the molecule is CCCNC(=O)C(CC)N(Cc1ccc(Cl)cc1)C(=O)CCc1ccccc1. The molecule has 0 fully saturated rings. The second-order valence-corrected chi connectivity index (χ2v) is 7.29. The summed E-state index contributed by atoms with van der Waals surface area (Å²) in [6.45, 7) is 4.96. The highest BCUT2D eigenvalue weighted by atomic mass is 35.5. The minimum absolute atomic E-state index is 0.0164. The molecule has 2 aromatic carbocycles. The summed E-state index contributed by atoms with van der Waals surface area (Å²) >= 11 is 5.98. The van der Waals surface area contributed by atoms with Crippen LogP contribution in [0.25, 0.3) is 0 Å². The zero-order valence-corrected chi connectivity index (χ0v) is 17.4. The van der Waals surface area contributed by atoms with E-state index in [1.54, 1.807) is 4.90 Å². The quantitative estimate of drug-likeness (QED) is 0.633. The molecule has 0 heterocycles. The van der Waals surface area contributed by atoms with Crippen LogP contribution in [0.4, 0.5) is 0 Å². The first-order valence-electron chi connectivity index (χ1n) is 9.90. The standard InChI is InChI=1S/C23H29ClN2O2/c1-3-16-25-23(28)21(4-2)26(17-19-10-13-20(24)14-11-19)22(27)15-12-18-8-6-5-7-9-18/h5-11,13-14,21H,3-4,12,15-17H2,1-2H3,(H,25,28). The number of amides is 2.